The first kappa shape index (κ1) is 24.1. The van der Waals surface area contributed by atoms with Gasteiger partial charge in [-0.15, -0.1) is 0 Å². The van der Waals surface area contributed by atoms with Crippen LogP contribution >= 0.6 is 39.1 Å². The third-order valence-corrected chi connectivity index (χ3v) is 9.24. The van der Waals surface area contributed by atoms with Gasteiger partial charge >= 0.3 is 6.18 Å². The predicted octanol–water partition coefficient (Wildman–Crippen LogP) is 9.08. The van der Waals surface area contributed by atoms with Crippen LogP contribution in [0.5, 0.6) is 5.75 Å². The Morgan fingerprint density at radius 2 is 1.65 bits per heavy atom. The monoisotopic (exact) mass is 577 g/mol. The molecule has 0 saturated heterocycles. The molecular weight excluding hydrogens is 558 g/mol. The fraction of sp³-hybridized carbons (Fsp3) is 0.273. The summed E-state index contributed by atoms with van der Waals surface area (Å²) in [4.78, 5) is 0. The van der Waals surface area contributed by atoms with Crippen LogP contribution in [0.25, 0.3) is 0 Å². The van der Waals surface area contributed by atoms with E-state index >= 15 is 0 Å². The number of hydrogen-bond donors (Lipinski definition) is 0. The minimum Gasteiger partial charge on any atom is -0.457 e. The summed E-state index contributed by atoms with van der Waals surface area (Å²) in [6.07, 6.45) is -4.55. The predicted molar refractivity (Wildman–Crippen MR) is 126 cm³/mol. The van der Waals surface area contributed by atoms with Gasteiger partial charge in [-0.2, -0.15) is 13.2 Å². The standard InChI is InChI=1S/C22H21Br2F3NO2P/c1-14-9-12-20(29-14)31(21(2,3)4,30-19-11-10-15(23)13-17(19)24)28-18-8-6-5-7-16(18)22(25,26)27/h5-13H,1-4H3/t31-/m0/s1. The van der Waals surface area contributed by atoms with Gasteiger partial charge in [0.1, 0.15) is 11.5 Å². The second-order valence-electron chi connectivity index (χ2n) is 7.91. The van der Waals surface area contributed by atoms with Crippen LogP contribution in [-0.4, -0.2) is 5.16 Å². The van der Waals surface area contributed by atoms with E-state index in [2.05, 4.69) is 31.9 Å². The molecule has 0 bridgehead atoms. The molecular formula is C22H21Br2F3NO2P. The van der Waals surface area contributed by atoms with Crippen molar-refractivity contribution >= 4 is 50.3 Å². The molecule has 1 atom stereocenters. The summed E-state index contributed by atoms with van der Waals surface area (Å²) in [5, 5.41) is -0.678. The minimum atomic E-state index is -4.55. The molecule has 0 N–H and O–H groups in total. The third kappa shape index (κ3) is 5.12. The van der Waals surface area contributed by atoms with E-state index in [1.54, 1.807) is 31.2 Å². The molecule has 0 saturated carbocycles. The quantitative estimate of drug-likeness (QED) is 0.289. The smallest absolute Gasteiger partial charge is 0.418 e. The SMILES string of the molecule is Cc1ccc([P@](=Nc2ccccc2C(F)(F)F)(Oc2ccc(Br)cc2Br)C(C)(C)C)o1. The van der Waals surface area contributed by atoms with Gasteiger partial charge in [-0.25, -0.2) is 4.74 Å². The van der Waals surface area contributed by atoms with E-state index in [1.165, 1.54) is 18.2 Å². The first-order valence-electron chi connectivity index (χ1n) is 9.34. The van der Waals surface area contributed by atoms with Crippen LogP contribution in [0.1, 0.15) is 32.1 Å². The zero-order chi connectivity index (χ0) is 23.0. The summed E-state index contributed by atoms with van der Waals surface area (Å²) in [6, 6.07) is 14.1. The molecule has 1 heterocycles. The highest BCUT2D eigenvalue weighted by Crippen LogP contribution is 2.63. The van der Waals surface area contributed by atoms with Crippen molar-refractivity contribution in [2.75, 3.05) is 0 Å². The first-order valence-corrected chi connectivity index (χ1v) is 12.6. The van der Waals surface area contributed by atoms with Crippen LogP contribution in [-0.2, 0) is 6.18 Å². The molecule has 0 radical (unpaired) electrons. The van der Waals surface area contributed by atoms with Crippen LogP contribution in [0, 0.1) is 6.92 Å². The number of halogens is 5. The molecule has 0 aliphatic rings. The Balaban J connectivity index is 2.38. The van der Waals surface area contributed by atoms with Gasteiger partial charge in [0, 0.05) is 9.63 Å². The van der Waals surface area contributed by atoms with Gasteiger partial charge in [0.15, 0.2) is 5.50 Å². The van der Waals surface area contributed by atoms with Crippen LogP contribution in [0.3, 0.4) is 0 Å². The zero-order valence-corrected chi connectivity index (χ0v) is 21.4. The van der Waals surface area contributed by atoms with Gasteiger partial charge in [-0.3, -0.25) is 0 Å². The molecule has 1 aromatic heterocycles. The Kier molecular flexibility index (Phi) is 6.85. The molecule has 0 aliphatic carbocycles. The molecule has 166 valence electrons. The van der Waals surface area contributed by atoms with Gasteiger partial charge in [-0.05, 0) is 65.3 Å². The van der Waals surface area contributed by atoms with Crippen LogP contribution in [0.4, 0.5) is 18.9 Å². The van der Waals surface area contributed by atoms with Crippen LogP contribution in [0.2, 0.25) is 0 Å². The average Bonchev–Trinajstić information content (AvgIpc) is 3.08. The van der Waals surface area contributed by atoms with Crippen molar-refractivity contribution in [1.29, 1.82) is 0 Å². The van der Waals surface area contributed by atoms with Crippen molar-refractivity contribution < 1.29 is 22.1 Å². The molecule has 0 unspecified atom stereocenters. The second kappa shape index (κ2) is 8.80. The van der Waals surface area contributed by atoms with E-state index in [9.17, 15) is 13.2 Å². The van der Waals surface area contributed by atoms with Crippen molar-refractivity contribution in [2.24, 2.45) is 4.74 Å². The number of hydrogen-bond acceptors (Lipinski definition) is 3. The molecule has 3 rings (SSSR count). The summed E-state index contributed by atoms with van der Waals surface area (Å²) in [6.45, 7) is 7.46. The largest absolute Gasteiger partial charge is 0.457 e. The van der Waals surface area contributed by atoms with Crippen molar-refractivity contribution in [1.82, 2.24) is 0 Å². The van der Waals surface area contributed by atoms with Gasteiger partial charge in [-0.1, -0.05) is 48.8 Å². The second-order valence-corrected chi connectivity index (χ2v) is 13.0. The molecule has 31 heavy (non-hydrogen) atoms. The van der Waals surface area contributed by atoms with Crippen molar-refractivity contribution in [3.05, 3.63) is 74.9 Å². The number of furan rings is 1. The fourth-order valence-electron chi connectivity index (χ4n) is 2.96. The third-order valence-electron chi connectivity index (χ3n) is 4.52. The summed E-state index contributed by atoms with van der Waals surface area (Å²) in [7, 11) is -3.18. The Hall–Kier alpha value is -1.50. The van der Waals surface area contributed by atoms with Crippen molar-refractivity contribution in [3.8, 4) is 5.75 Å². The molecule has 0 spiro atoms. The molecule has 0 fully saturated rings. The molecule has 0 aliphatic heterocycles. The van der Waals surface area contributed by atoms with E-state index in [0.29, 0.717) is 21.5 Å². The van der Waals surface area contributed by atoms with E-state index in [-0.39, 0.29) is 5.69 Å². The van der Waals surface area contributed by atoms with Crippen molar-refractivity contribution in [3.63, 3.8) is 0 Å². The number of nitrogens with zero attached hydrogens (tertiary/aromatic N) is 1. The number of alkyl halides is 3. The van der Waals surface area contributed by atoms with Gasteiger partial charge < -0.3 is 8.94 Å². The summed E-state index contributed by atoms with van der Waals surface area (Å²) >= 11 is 6.89. The lowest BCUT2D eigenvalue weighted by Gasteiger charge is -2.35. The Morgan fingerprint density at radius 1 is 0.968 bits per heavy atom. The Bertz CT molecular complexity index is 1150. The lowest BCUT2D eigenvalue weighted by atomic mass is 10.2. The summed E-state index contributed by atoms with van der Waals surface area (Å²) in [5.41, 5.74) is -0.574. The Labute approximate surface area is 196 Å². The summed E-state index contributed by atoms with van der Waals surface area (Å²) in [5.74, 6) is 1.09. The van der Waals surface area contributed by atoms with E-state index in [1.807, 2.05) is 26.8 Å². The highest BCUT2D eigenvalue weighted by atomic mass is 79.9. The topological polar surface area (TPSA) is 34.7 Å². The maximum atomic E-state index is 13.7. The zero-order valence-electron chi connectivity index (χ0n) is 17.3. The van der Waals surface area contributed by atoms with Crippen LogP contribution in [0.15, 0.2) is 72.7 Å². The van der Waals surface area contributed by atoms with Gasteiger partial charge in [0.2, 0.25) is 7.28 Å². The molecule has 3 aromatic rings. The first-order chi connectivity index (χ1) is 14.3. The van der Waals surface area contributed by atoms with E-state index < -0.39 is 24.2 Å². The molecule has 0 amide bonds. The van der Waals surface area contributed by atoms with E-state index in [0.717, 1.165) is 10.5 Å². The minimum absolute atomic E-state index is 0.180. The summed E-state index contributed by atoms with van der Waals surface area (Å²) < 4.78 is 59.9. The van der Waals surface area contributed by atoms with Crippen molar-refractivity contribution in [2.45, 2.75) is 39.0 Å². The molecule has 3 nitrogen and oxygen atoms in total. The fourth-order valence-corrected chi connectivity index (χ4v) is 7.14. The number of aryl methyl sites for hydroxylation is 1. The molecule has 2 aromatic carbocycles. The number of benzene rings is 2. The Morgan fingerprint density at radius 3 is 2.19 bits per heavy atom. The maximum absolute atomic E-state index is 13.7. The van der Waals surface area contributed by atoms with Crippen LogP contribution < -0.4 is 10.0 Å². The molecule has 9 heteroatoms. The maximum Gasteiger partial charge on any atom is 0.418 e. The lowest BCUT2D eigenvalue weighted by molar-refractivity contribution is -0.137. The average molecular weight is 579 g/mol. The normalized spacial score (nSPS) is 14.2. The van der Waals surface area contributed by atoms with Gasteiger partial charge in [0.05, 0.1) is 15.7 Å². The highest BCUT2D eigenvalue weighted by molar-refractivity contribution is 9.11. The van der Waals surface area contributed by atoms with Gasteiger partial charge in [0.25, 0.3) is 0 Å². The van der Waals surface area contributed by atoms with E-state index in [4.69, 9.17) is 13.7 Å². The lowest BCUT2D eigenvalue weighted by Crippen LogP contribution is -2.26. The highest BCUT2D eigenvalue weighted by Gasteiger charge is 2.43. The number of rotatable bonds is 4.